The van der Waals surface area contributed by atoms with E-state index in [2.05, 4.69) is 11.1 Å². The van der Waals surface area contributed by atoms with E-state index < -0.39 is 43.0 Å². The van der Waals surface area contributed by atoms with Gasteiger partial charge in [-0.25, -0.2) is 4.98 Å². The Morgan fingerprint density at radius 2 is 1.75 bits per heavy atom. The number of imidazole rings is 1. The number of fused-ring (bicyclic) bond motifs is 1. The van der Waals surface area contributed by atoms with Gasteiger partial charge in [0.15, 0.2) is 23.1 Å². The van der Waals surface area contributed by atoms with Crippen LogP contribution in [-0.2, 0) is 0 Å². The molecule has 1 atom stereocenters. The van der Waals surface area contributed by atoms with Crippen molar-refractivity contribution in [3.05, 3.63) is 64.1 Å². The molecule has 3 rings (SSSR count). The maximum absolute atomic E-state index is 13.2. The number of carbonyl (C=O) groups is 1. The minimum atomic E-state index is -5.46. The van der Waals surface area contributed by atoms with E-state index in [9.17, 15) is 36.4 Å². The molecule has 0 fully saturated rings. The molecule has 0 bridgehead atoms. The number of nitrogens with zero attached hydrogens (tertiary/aromatic N) is 3. The van der Waals surface area contributed by atoms with E-state index in [0.29, 0.717) is 16.1 Å². The van der Waals surface area contributed by atoms with Crippen LogP contribution in [0.3, 0.4) is 0 Å². The summed E-state index contributed by atoms with van der Waals surface area (Å²) < 4.78 is 83.6. The quantitative estimate of drug-likeness (QED) is 0.232. The molecule has 12 heteroatoms. The molecule has 0 N–H and O–H groups in total. The van der Waals surface area contributed by atoms with Gasteiger partial charge in [-0.3, -0.25) is 9.20 Å². The SMILES string of the molecule is Cc1cc(OCCC(C(F)(F)F)C(F)(F)F)c2nc(C)c(C(=O)CC(C#N)c3ccc(Cl)cc3)n2c1. The number of nitriles is 1. The molecule has 5 nitrogen and oxygen atoms in total. The van der Waals surface area contributed by atoms with E-state index >= 15 is 0 Å². The smallest absolute Gasteiger partial charge is 0.400 e. The van der Waals surface area contributed by atoms with Crippen LogP contribution in [0.4, 0.5) is 26.3 Å². The number of carbonyl (C=O) groups excluding carboxylic acids is 1. The van der Waals surface area contributed by atoms with Crippen molar-refractivity contribution in [3.63, 3.8) is 0 Å². The van der Waals surface area contributed by atoms with Crippen LogP contribution in [0.1, 0.15) is 46.1 Å². The summed E-state index contributed by atoms with van der Waals surface area (Å²) in [6, 6.07) is 9.96. The first-order chi connectivity index (χ1) is 16.7. The van der Waals surface area contributed by atoms with Crippen LogP contribution in [-0.4, -0.2) is 34.1 Å². The molecule has 192 valence electrons. The van der Waals surface area contributed by atoms with Gasteiger partial charge in [0.2, 0.25) is 0 Å². The van der Waals surface area contributed by atoms with Gasteiger partial charge in [0.25, 0.3) is 0 Å². The molecular formula is C24H20ClF6N3O2. The number of aryl methyl sites for hydroxylation is 2. The zero-order valence-electron chi connectivity index (χ0n) is 19.0. The van der Waals surface area contributed by atoms with Gasteiger partial charge in [-0.1, -0.05) is 23.7 Å². The number of halogens is 7. The highest BCUT2D eigenvalue weighted by molar-refractivity contribution is 6.30. The lowest BCUT2D eigenvalue weighted by atomic mass is 9.94. The molecule has 0 aliphatic carbocycles. The monoisotopic (exact) mass is 531 g/mol. The number of hydrogen-bond acceptors (Lipinski definition) is 4. The van der Waals surface area contributed by atoms with Gasteiger partial charge in [0, 0.05) is 24.1 Å². The normalized spacial score (nSPS) is 13.1. The first-order valence-corrected chi connectivity index (χ1v) is 11.0. The number of hydrogen-bond donors (Lipinski definition) is 0. The molecule has 3 aromatic rings. The molecule has 1 aromatic carbocycles. The average molecular weight is 532 g/mol. The minimum Gasteiger partial charge on any atom is -0.490 e. The third-order valence-corrected chi connectivity index (χ3v) is 5.79. The fourth-order valence-corrected chi connectivity index (χ4v) is 3.94. The molecule has 0 aliphatic rings. The second kappa shape index (κ2) is 10.4. The number of pyridine rings is 1. The topological polar surface area (TPSA) is 67.4 Å². The minimum absolute atomic E-state index is 0.0604. The summed E-state index contributed by atoms with van der Waals surface area (Å²) in [5, 5.41) is 10.1. The van der Waals surface area contributed by atoms with Gasteiger partial charge in [-0.2, -0.15) is 31.6 Å². The van der Waals surface area contributed by atoms with E-state index in [1.807, 2.05) is 0 Å². The standard InChI is InChI=1S/C24H20ClF6N3O2/c1-13-9-19(36-8-7-20(23(26,27)28)24(29,30)31)22-33-14(2)21(34(22)12-13)18(35)10-16(11-32)15-3-5-17(25)6-4-15/h3-6,9,12,16,20H,7-8,10H2,1-2H3. The summed E-state index contributed by atoms with van der Waals surface area (Å²) in [4.78, 5) is 17.4. The lowest BCUT2D eigenvalue weighted by Crippen LogP contribution is -2.37. The summed E-state index contributed by atoms with van der Waals surface area (Å²) in [7, 11) is 0. The maximum atomic E-state index is 13.2. The highest BCUT2D eigenvalue weighted by Gasteiger charge is 2.56. The maximum Gasteiger partial charge on any atom is 0.400 e. The fourth-order valence-electron chi connectivity index (χ4n) is 3.81. The molecule has 0 saturated heterocycles. The molecule has 0 spiro atoms. The molecule has 1 unspecified atom stereocenters. The molecule has 0 aliphatic heterocycles. The van der Waals surface area contributed by atoms with Crippen LogP contribution in [0.25, 0.3) is 5.65 Å². The van der Waals surface area contributed by atoms with Crippen molar-refractivity contribution in [1.82, 2.24) is 9.38 Å². The van der Waals surface area contributed by atoms with Crippen molar-refractivity contribution in [1.29, 1.82) is 5.26 Å². The second-order valence-corrected chi connectivity index (χ2v) is 8.69. The van der Waals surface area contributed by atoms with Crippen molar-refractivity contribution in [2.45, 2.75) is 45.0 Å². The van der Waals surface area contributed by atoms with Crippen LogP contribution in [0.15, 0.2) is 36.5 Å². The van der Waals surface area contributed by atoms with Gasteiger partial charge in [0.1, 0.15) is 5.69 Å². The second-order valence-electron chi connectivity index (χ2n) is 8.25. The third-order valence-electron chi connectivity index (χ3n) is 5.53. The van der Waals surface area contributed by atoms with Crippen LogP contribution in [0.2, 0.25) is 5.02 Å². The summed E-state index contributed by atoms with van der Waals surface area (Å²) >= 11 is 5.88. The number of aromatic nitrogens is 2. The Balaban J connectivity index is 1.87. The van der Waals surface area contributed by atoms with E-state index in [-0.39, 0.29) is 29.2 Å². The van der Waals surface area contributed by atoms with E-state index in [1.165, 1.54) is 17.4 Å². The number of ketones is 1. The zero-order chi connectivity index (χ0) is 26.8. The van der Waals surface area contributed by atoms with Gasteiger partial charge >= 0.3 is 12.4 Å². The summed E-state index contributed by atoms with van der Waals surface area (Å²) in [5.74, 6) is -4.79. The Morgan fingerprint density at radius 1 is 1.14 bits per heavy atom. The molecule has 0 amide bonds. The van der Waals surface area contributed by atoms with Crippen molar-refractivity contribution >= 4 is 23.0 Å². The van der Waals surface area contributed by atoms with Crippen molar-refractivity contribution < 1.29 is 35.9 Å². The summed E-state index contributed by atoms with van der Waals surface area (Å²) in [5.41, 5.74) is 1.59. The fraction of sp³-hybridized carbons (Fsp3) is 0.375. The Bertz CT molecular complexity index is 1280. The molecule has 0 saturated carbocycles. The highest BCUT2D eigenvalue weighted by Crippen LogP contribution is 2.41. The Labute approximate surface area is 207 Å². The van der Waals surface area contributed by atoms with E-state index in [4.69, 9.17) is 16.3 Å². The zero-order valence-corrected chi connectivity index (χ0v) is 19.8. The Morgan fingerprint density at radius 3 is 2.31 bits per heavy atom. The van der Waals surface area contributed by atoms with E-state index in [0.717, 1.165) is 0 Å². The lowest BCUT2D eigenvalue weighted by Gasteiger charge is -2.22. The van der Waals surface area contributed by atoms with Crippen LogP contribution in [0.5, 0.6) is 5.75 Å². The first kappa shape index (κ1) is 27.3. The summed E-state index contributed by atoms with van der Waals surface area (Å²) in [6.07, 6.45) is -10.9. The van der Waals surface area contributed by atoms with Crippen LogP contribution < -0.4 is 4.74 Å². The molecule has 2 heterocycles. The number of ether oxygens (including phenoxy) is 1. The number of benzene rings is 1. The lowest BCUT2D eigenvalue weighted by molar-refractivity contribution is -0.286. The predicted molar refractivity (Wildman–Crippen MR) is 119 cm³/mol. The average Bonchev–Trinajstić information content (AvgIpc) is 3.09. The molecule has 2 aromatic heterocycles. The van der Waals surface area contributed by atoms with Crippen molar-refractivity contribution in [2.24, 2.45) is 5.92 Å². The number of rotatable bonds is 8. The van der Waals surface area contributed by atoms with Gasteiger partial charge < -0.3 is 4.74 Å². The van der Waals surface area contributed by atoms with Gasteiger partial charge in [-0.05, 0) is 43.2 Å². The van der Waals surface area contributed by atoms with Crippen LogP contribution in [0, 0.1) is 31.1 Å². The molecular weight excluding hydrogens is 512 g/mol. The molecule has 36 heavy (non-hydrogen) atoms. The van der Waals surface area contributed by atoms with Gasteiger partial charge in [-0.15, -0.1) is 0 Å². The van der Waals surface area contributed by atoms with Crippen LogP contribution >= 0.6 is 11.6 Å². The molecule has 0 radical (unpaired) electrons. The van der Waals surface area contributed by atoms with E-state index in [1.54, 1.807) is 37.4 Å². The Hall–Kier alpha value is -3.26. The predicted octanol–water partition coefficient (Wildman–Crippen LogP) is 6.99. The van der Waals surface area contributed by atoms with Gasteiger partial charge in [0.05, 0.1) is 24.3 Å². The highest BCUT2D eigenvalue weighted by atomic mass is 35.5. The van der Waals surface area contributed by atoms with Crippen molar-refractivity contribution in [3.8, 4) is 11.8 Å². The van der Waals surface area contributed by atoms with Crippen molar-refractivity contribution in [2.75, 3.05) is 6.61 Å². The number of Topliss-reactive ketones (excluding diaryl/α,β-unsaturated/α-hetero) is 1. The Kier molecular flexibility index (Phi) is 7.88. The third kappa shape index (κ3) is 6.10. The summed E-state index contributed by atoms with van der Waals surface area (Å²) in [6.45, 7) is 2.29. The largest absolute Gasteiger partial charge is 0.490 e. The number of alkyl halides is 6. The first-order valence-electron chi connectivity index (χ1n) is 10.7.